The highest BCUT2D eigenvalue weighted by atomic mass is 19.4. The molecule has 26 heavy (non-hydrogen) atoms. The van der Waals surface area contributed by atoms with Crippen LogP contribution in [0.25, 0.3) is 0 Å². The lowest BCUT2D eigenvalue weighted by Crippen LogP contribution is -2.45. The summed E-state index contributed by atoms with van der Waals surface area (Å²) in [4.78, 5) is 15.8. The zero-order chi connectivity index (χ0) is 18.7. The van der Waals surface area contributed by atoms with E-state index in [-0.39, 0.29) is 5.78 Å². The van der Waals surface area contributed by atoms with Gasteiger partial charge in [0, 0.05) is 44.0 Å². The van der Waals surface area contributed by atoms with Crippen molar-refractivity contribution in [3.8, 4) is 0 Å². The van der Waals surface area contributed by atoms with Gasteiger partial charge in [0.1, 0.15) is 0 Å². The Kier molecular flexibility index (Phi) is 5.32. The number of piperazine rings is 1. The largest absolute Gasteiger partial charge is 0.416 e. The summed E-state index contributed by atoms with van der Waals surface area (Å²) in [5.74, 6) is 0.0536. The molecule has 138 valence electrons. The fraction of sp³-hybridized carbons (Fsp3) is 0.350. The Hall–Kier alpha value is -2.34. The van der Waals surface area contributed by atoms with Crippen LogP contribution in [-0.2, 0) is 12.7 Å². The highest BCUT2D eigenvalue weighted by Gasteiger charge is 2.30. The molecular formula is C20H21F3N2O. The zero-order valence-electron chi connectivity index (χ0n) is 14.6. The minimum atomic E-state index is -4.29. The van der Waals surface area contributed by atoms with E-state index in [9.17, 15) is 18.0 Å². The molecule has 0 amide bonds. The summed E-state index contributed by atoms with van der Waals surface area (Å²) in [6.07, 6.45) is -4.29. The van der Waals surface area contributed by atoms with Crippen LogP contribution in [0.15, 0.2) is 48.5 Å². The molecular weight excluding hydrogens is 341 g/mol. The Morgan fingerprint density at radius 1 is 0.923 bits per heavy atom. The maximum Gasteiger partial charge on any atom is 0.416 e. The van der Waals surface area contributed by atoms with Crippen LogP contribution in [0.5, 0.6) is 0 Å². The van der Waals surface area contributed by atoms with Crippen molar-refractivity contribution in [3.05, 3.63) is 65.2 Å². The van der Waals surface area contributed by atoms with Crippen molar-refractivity contribution in [1.82, 2.24) is 4.90 Å². The van der Waals surface area contributed by atoms with Crippen molar-refractivity contribution < 1.29 is 18.0 Å². The summed E-state index contributed by atoms with van der Waals surface area (Å²) < 4.78 is 37.9. The summed E-state index contributed by atoms with van der Waals surface area (Å²) in [5, 5.41) is 0. The highest BCUT2D eigenvalue weighted by Crippen LogP contribution is 2.29. The fourth-order valence-electron chi connectivity index (χ4n) is 3.13. The van der Waals surface area contributed by atoms with Crippen LogP contribution < -0.4 is 4.90 Å². The molecule has 1 aliphatic rings. The van der Waals surface area contributed by atoms with E-state index in [2.05, 4.69) is 9.80 Å². The number of hydrogen-bond donors (Lipinski definition) is 0. The van der Waals surface area contributed by atoms with Gasteiger partial charge in [0.2, 0.25) is 0 Å². The summed E-state index contributed by atoms with van der Waals surface area (Å²) in [6.45, 7) is 5.58. The molecule has 0 N–H and O–H groups in total. The van der Waals surface area contributed by atoms with Gasteiger partial charge < -0.3 is 4.90 Å². The average molecular weight is 362 g/mol. The van der Waals surface area contributed by atoms with Gasteiger partial charge in [0.15, 0.2) is 5.78 Å². The van der Waals surface area contributed by atoms with Gasteiger partial charge in [-0.25, -0.2) is 0 Å². The van der Waals surface area contributed by atoms with Crippen LogP contribution in [0.3, 0.4) is 0 Å². The number of nitrogens with zero attached hydrogens (tertiary/aromatic N) is 2. The number of alkyl halides is 3. The van der Waals surface area contributed by atoms with Gasteiger partial charge in [-0.2, -0.15) is 13.2 Å². The number of Topliss-reactive ketones (excluding diaryl/α,β-unsaturated/α-hetero) is 1. The van der Waals surface area contributed by atoms with Crippen molar-refractivity contribution in [1.29, 1.82) is 0 Å². The SMILES string of the molecule is CC(=O)c1ccc(N2CCN(Cc3ccc(C(F)(F)F)cc3)CC2)cc1. The second-order valence-electron chi connectivity index (χ2n) is 6.56. The Balaban J connectivity index is 1.54. The molecule has 0 atom stereocenters. The smallest absolute Gasteiger partial charge is 0.369 e. The van der Waals surface area contributed by atoms with Gasteiger partial charge in [-0.3, -0.25) is 9.69 Å². The van der Waals surface area contributed by atoms with E-state index in [0.29, 0.717) is 12.1 Å². The van der Waals surface area contributed by atoms with E-state index in [4.69, 9.17) is 0 Å². The van der Waals surface area contributed by atoms with E-state index in [1.165, 1.54) is 0 Å². The predicted molar refractivity (Wildman–Crippen MR) is 95.4 cm³/mol. The van der Waals surface area contributed by atoms with Crippen LogP contribution in [0.4, 0.5) is 18.9 Å². The topological polar surface area (TPSA) is 23.6 Å². The van der Waals surface area contributed by atoms with Crippen molar-refractivity contribution in [2.75, 3.05) is 31.1 Å². The van der Waals surface area contributed by atoms with Crippen molar-refractivity contribution >= 4 is 11.5 Å². The van der Waals surface area contributed by atoms with E-state index in [0.717, 1.165) is 49.6 Å². The number of hydrogen-bond acceptors (Lipinski definition) is 3. The van der Waals surface area contributed by atoms with Crippen LogP contribution in [-0.4, -0.2) is 36.9 Å². The third-order valence-corrected chi connectivity index (χ3v) is 4.70. The first-order valence-corrected chi connectivity index (χ1v) is 8.57. The highest BCUT2D eigenvalue weighted by molar-refractivity contribution is 5.94. The van der Waals surface area contributed by atoms with Crippen LogP contribution in [0.2, 0.25) is 0 Å². The molecule has 3 rings (SSSR count). The molecule has 0 saturated carbocycles. The van der Waals surface area contributed by atoms with Crippen LogP contribution in [0.1, 0.15) is 28.4 Å². The average Bonchev–Trinajstić information content (AvgIpc) is 2.62. The second kappa shape index (κ2) is 7.50. The standard InChI is InChI=1S/C20H21F3N2O/c1-15(26)17-4-8-19(9-5-17)25-12-10-24(11-13-25)14-16-2-6-18(7-3-16)20(21,22)23/h2-9H,10-14H2,1H3. The molecule has 1 saturated heterocycles. The van der Waals surface area contributed by atoms with Gasteiger partial charge in [-0.05, 0) is 48.9 Å². The van der Waals surface area contributed by atoms with Gasteiger partial charge >= 0.3 is 6.18 Å². The van der Waals surface area contributed by atoms with Crippen molar-refractivity contribution in [2.24, 2.45) is 0 Å². The monoisotopic (exact) mass is 362 g/mol. The summed E-state index contributed by atoms with van der Waals surface area (Å²) >= 11 is 0. The number of carbonyl (C=O) groups excluding carboxylic acids is 1. The fourth-order valence-corrected chi connectivity index (χ4v) is 3.13. The number of benzene rings is 2. The number of halogens is 3. The third-order valence-electron chi connectivity index (χ3n) is 4.70. The minimum absolute atomic E-state index is 0.0536. The molecule has 6 heteroatoms. The Labute approximate surface area is 151 Å². The normalized spacial score (nSPS) is 15.9. The summed E-state index contributed by atoms with van der Waals surface area (Å²) in [5.41, 5.74) is 2.07. The lowest BCUT2D eigenvalue weighted by atomic mass is 10.1. The molecule has 0 spiro atoms. The molecule has 1 heterocycles. The Morgan fingerprint density at radius 3 is 2.00 bits per heavy atom. The maximum absolute atomic E-state index is 12.6. The van der Waals surface area contributed by atoms with E-state index >= 15 is 0 Å². The quantitative estimate of drug-likeness (QED) is 0.761. The summed E-state index contributed by atoms with van der Waals surface area (Å²) in [6, 6.07) is 13.0. The second-order valence-corrected chi connectivity index (χ2v) is 6.56. The van der Waals surface area contributed by atoms with E-state index < -0.39 is 11.7 Å². The molecule has 0 radical (unpaired) electrons. The molecule has 2 aromatic rings. The Bertz CT molecular complexity index is 746. The predicted octanol–water partition coefficient (Wildman–Crippen LogP) is 4.23. The molecule has 1 fully saturated rings. The molecule has 0 aromatic heterocycles. The van der Waals surface area contributed by atoms with Gasteiger partial charge in [-0.15, -0.1) is 0 Å². The van der Waals surface area contributed by atoms with E-state index in [1.54, 1.807) is 19.1 Å². The first kappa shape index (κ1) is 18.5. The number of carbonyl (C=O) groups is 1. The minimum Gasteiger partial charge on any atom is -0.369 e. The number of ketones is 1. The molecule has 1 aliphatic heterocycles. The molecule has 0 unspecified atom stereocenters. The van der Waals surface area contributed by atoms with Gasteiger partial charge in [-0.1, -0.05) is 12.1 Å². The zero-order valence-corrected chi connectivity index (χ0v) is 14.6. The third kappa shape index (κ3) is 4.43. The van der Waals surface area contributed by atoms with Crippen LogP contribution >= 0.6 is 0 Å². The molecule has 2 aromatic carbocycles. The van der Waals surface area contributed by atoms with Crippen molar-refractivity contribution in [2.45, 2.75) is 19.6 Å². The molecule has 0 aliphatic carbocycles. The van der Waals surface area contributed by atoms with E-state index in [1.807, 2.05) is 24.3 Å². The lowest BCUT2D eigenvalue weighted by molar-refractivity contribution is -0.137. The molecule has 3 nitrogen and oxygen atoms in total. The van der Waals surface area contributed by atoms with Gasteiger partial charge in [0.25, 0.3) is 0 Å². The first-order valence-electron chi connectivity index (χ1n) is 8.57. The maximum atomic E-state index is 12.6. The number of anilines is 1. The summed E-state index contributed by atoms with van der Waals surface area (Å²) in [7, 11) is 0. The Morgan fingerprint density at radius 2 is 1.50 bits per heavy atom. The first-order chi connectivity index (χ1) is 12.3. The number of rotatable bonds is 4. The van der Waals surface area contributed by atoms with Crippen molar-refractivity contribution in [3.63, 3.8) is 0 Å². The van der Waals surface area contributed by atoms with Crippen LogP contribution in [0, 0.1) is 0 Å². The molecule has 0 bridgehead atoms. The van der Waals surface area contributed by atoms with Gasteiger partial charge in [0.05, 0.1) is 5.56 Å². The lowest BCUT2D eigenvalue weighted by Gasteiger charge is -2.36.